The van der Waals surface area contributed by atoms with Crippen molar-refractivity contribution in [2.75, 3.05) is 21.0 Å². The van der Waals surface area contributed by atoms with Gasteiger partial charge in [0, 0.05) is 5.92 Å². The first-order valence-corrected chi connectivity index (χ1v) is 8.76. The molecule has 0 bridgehead atoms. The second kappa shape index (κ2) is 6.17. The van der Waals surface area contributed by atoms with Gasteiger partial charge in [0.2, 0.25) is 6.79 Å². The molecule has 2 aromatic carbocycles. The molecule has 0 N–H and O–H groups in total. The molecule has 0 saturated carbocycles. The third-order valence-corrected chi connectivity index (χ3v) is 5.70. The summed E-state index contributed by atoms with van der Waals surface area (Å²) in [6.45, 7) is 4.97. The molecule has 4 nitrogen and oxygen atoms in total. The molecule has 4 heteroatoms. The minimum Gasteiger partial charge on any atom is -0.493 e. The zero-order chi connectivity index (χ0) is 17.6. The van der Waals surface area contributed by atoms with Crippen molar-refractivity contribution in [3.05, 3.63) is 47.0 Å². The standard InChI is InChI=1S/C21H24O4/c1-12-7-15-9-19-20(25-11-24-19)10-16(15)21(13(12)2)14-5-6-17(22-3)18(8-14)23-4/h5-6,8-10,12-13,21H,7,11H2,1-4H3/t12-,13+,21-/m1/s1. The Morgan fingerprint density at radius 2 is 1.64 bits per heavy atom. The summed E-state index contributed by atoms with van der Waals surface area (Å²) >= 11 is 0. The van der Waals surface area contributed by atoms with Crippen LogP contribution in [0, 0.1) is 11.8 Å². The molecule has 4 rings (SSSR count). The van der Waals surface area contributed by atoms with Crippen LogP contribution in [0.25, 0.3) is 0 Å². The van der Waals surface area contributed by atoms with E-state index in [1.165, 1.54) is 16.7 Å². The quantitative estimate of drug-likeness (QED) is 0.830. The lowest BCUT2D eigenvalue weighted by atomic mass is 9.68. The minimum atomic E-state index is 0.299. The second-order valence-corrected chi connectivity index (χ2v) is 7.04. The number of ether oxygens (including phenoxy) is 4. The summed E-state index contributed by atoms with van der Waals surface area (Å²) in [6, 6.07) is 10.6. The minimum absolute atomic E-state index is 0.299. The molecule has 132 valence electrons. The number of hydrogen-bond donors (Lipinski definition) is 0. The smallest absolute Gasteiger partial charge is 0.231 e. The van der Waals surface area contributed by atoms with Crippen LogP contribution in [0.2, 0.25) is 0 Å². The predicted octanol–water partition coefficient (Wildman–Crippen LogP) is 4.39. The van der Waals surface area contributed by atoms with E-state index in [2.05, 4.69) is 38.1 Å². The Labute approximate surface area is 148 Å². The zero-order valence-corrected chi connectivity index (χ0v) is 15.2. The van der Waals surface area contributed by atoms with Gasteiger partial charge in [-0.25, -0.2) is 0 Å². The molecule has 3 atom stereocenters. The number of hydrogen-bond acceptors (Lipinski definition) is 4. The summed E-state index contributed by atoms with van der Waals surface area (Å²) in [5.41, 5.74) is 3.94. The molecule has 0 fully saturated rings. The van der Waals surface area contributed by atoms with Gasteiger partial charge in [-0.2, -0.15) is 0 Å². The Hall–Kier alpha value is -2.36. The zero-order valence-electron chi connectivity index (χ0n) is 15.2. The monoisotopic (exact) mass is 340 g/mol. The van der Waals surface area contributed by atoms with Crippen molar-refractivity contribution in [3.63, 3.8) is 0 Å². The molecular weight excluding hydrogens is 316 g/mol. The van der Waals surface area contributed by atoms with E-state index in [4.69, 9.17) is 18.9 Å². The van der Waals surface area contributed by atoms with Gasteiger partial charge >= 0.3 is 0 Å². The lowest BCUT2D eigenvalue weighted by Gasteiger charge is -2.37. The van der Waals surface area contributed by atoms with Crippen LogP contribution in [0.5, 0.6) is 23.0 Å². The lowest BCUT2D eigenvalue weighted by Crippen LogP contribution is -2.26. The molecule has 1 heterocycles. The summed E-state index contributed by atoms with van der Waals surface area (Å²) in [5, 5.41) is 0. The first-order chi connectivity index (χ1) is 12.1. The molecule has 0 unspecified atom stereocenters. The van der Waals surface area contributed by atoms with Crippen molar-refractivity contribution in [2.24, 2.45) is 11.8 Å². The van der Waals surface area contributed by atoms with Gasteiger partial charge in [0.1, 0.15) is 0 Å². The molecule has 0 saturated heterocycles. The summed E-state index contributed by atoms with van der Waals surface area (Å²) in [4.78, 5) is 0. The third-order valence-electron chi connectivity index (χ3n) is 5.70. The number of methoxy groups -OCH3 is 2. The van der Waals surface area contributed by atoms with E-state index in [1.54, 1.807) is 14.2 Å². The van der Waals surface area contributed by atoms with Gasteiger partial charge in [0.25, 0.3) is 0 Å². The fourth-order valence-corrected chi connectivity index (χ4v) is 4.14. The van der Waals surface area contributed by atoms with E-state index in [1.807, 2.05) is 6.07 Å². The molecule has 0 aromatic heterocycles. The van der Waals surface area contributed by atoms with E-state index in [9.17, 15) is 0 Å². The highest BCUT2D eigenvalue weighted by Crippen LogP contribution is 2.48. The predicted molar refractivity (Wildman–Crippen MR) is 96.0 cm³/mol. The van der Waals surface area contributed by atoms with Crippen LogP contribution in [0.4, 0.5) is 0 Å². The highest BCUT2D eigenvalue weighted by molar-refractivity contribution is 5.54. The highest BCUT2D eigenvalue weighted by Gasteiger charge is 2.35. The van der Waals surface area contributed by atoms with Crippen LogP contribution in [0.3, 0.4) is 0 Å². The van der Waals surface area contributed by atoms with Crippen LogP contribution in [0.15, 0.2) is 30.3 Å². The summed E-state index contributed by atoms with van der Waals surface area (Å²) in [6.07, 6.45) is 1.07. The van der Waals surface area contributed by atoms with Gasteiger partial charge in [0.05, 0.1) is 14.2 Å². The maximum atomic E-state index is 5.63. The Bertz CT molecular complexity index is 799. The molecule has 0 amide bonds. The average molecular weight is 340 g/mol. The third kappa shape index (κ3) is 2.60. The fourth-order valence-electron chi connectivity index (χ4n) is 4.14. The molecule has 1 aliphatic carbocycles. The first kappa shape index (κ1) is 16.1. The van der Waals surface area contributed by atoms with E-state index in [0.717, 1.165) is 29.4 Å². The van der Waals surface area contributed by atoms with Crippen LogP contribution in [-0.4, -0.2) is 21.0 Å². The maximum Gasteiger partial charge on any atom is 0.231 e. The second-order valence-electron chi connectivity index (χ2n) is 7.04. The van der Waals surface area contributed by atoms with Gasteiger partial charge in [0.15, 0.2) is 23.0 Å². The molecule has 2 aromatic rings. The van der Waals surface area contributed by atoms with Crippen molar-refractivity contribution < 1.29 is 18.9 Å². The van der Waals surface area contributed by atoms with Gasteiger partial charge in [-0.1, -0.05) is 19.9 Å². The van der Waals surface area contributed by atoms with Gasteiger partial charge in [-0.3, -0.25) is 0 Å². The van der Waals surface area contributed by atoms with Crippen LogP contribution >= 0.6 is 0 Å². The van der Waals surface area contributed by atoms with E-state index in [0.29, 0.717) is 24.5 Å². The largest absolute Gasteiger partial charge is 0.493 e. The first-order valence-electron chi connectivity index (χ1n) is 8.76. The molecular formula is C21H24O4. The average Bonchev–Trinajstić information content (AvgIpc) is 3.08. The van der Waals surface area contributed by atoms with Crippen LogP contribution in [-0.2, 0) is 6.42 Å². The molecule has 2 aliphatic rings. The van der Waals surface area contributed by atoms with Gasteiger partial charge < -0.3 is 18.9 Å². The summed E-state index contributed by atoms with van der Waals surface area (Å²) in [7, 11) is 3.35. The van der Waals surface area contributed by atoms with E-state index < -0.39 is 0 Å². The molecule has 25 heavy (non-hydrogen) atoms. The lowest BCUT2D eigenvalue weighted by molar-refractivity contribution is 0.174. The molecule has 0 spiro atoms. The normalized spacial score (nSPS) is 23.9. The Morgan fingerprint density at radius 3 is 2.36 bits per heavy atom. The number of rotatable bonds is 3. The van der Waals surface area contributed by atoms with Crippen molar-refractivity contribution >= 4 is 0 Å². The topological polar surface area (TPSA) is 36.9 Å². The molecule has 0 radical (unpaired) electrons. The van der Waals surface area contributed by atoms with Crippen molar-refractivity contribution in [1.82, 2.24) is 0 Å². The number of fused-ring (bicyclic) bond motifs is 2. The van der Waals surface area contributed by atoms with Crippen molar-refractivity contribution in [1.29, 1.82) is 0 Å². The van der Waals surface area contributed by atoms with E-state index >= 15 is 0 Å². The Balaban J connectivity index is 1.84. The Morgan fingerprint density at radius 1 is 0.920 bits per heavy atom. The molecule has 1 aliphatic heterocycles. The SMILES string of the molecule is COc1ccc([C@@H]2c3cc4c(cc3C[C@@H](C)[C@@H]2C)OCO4)cc1OC. The van der Waals surface area contributed by atoms with Crippen LogP contribution in [0.1, 0.15) is 36.5 Å². The summed E-state index contributed by atoms with van der Waals surface area (Å²) < 4.78 is 22.1. The highest BCUT2D eigenvalue weighted by atomic mass is 16.7. The van der Waals surface area contributed by atoms with Crippen molar-refractivity contribution in [3.8, 4) is 23.0 Å². The summed E-state index contributed by atoms with van der Waals surface area (Å²) in [5.74, 6) is 4.66. The van der Waals surface area contributed by atoms with Crippen LogP contribution < -0.4 is 18.9 Å². The van der Waals surface area contributed by atoms with Gasteiger partial charge in [-0.05, 0) is 59.2 Å². The van der Waals surface area contributed by atoms with E-state index in [-0.39, 0.29) is 0 Å². The van der Waals surface area contributed by atoms with Gasteiger partial charge in [-0.15, -0.1) is 0 Å². The maximum absolute atomic E-state index is 5.63. The number of benzene rings is 2. The fraction of sp³-hybridized carbons (Fsp3) is 0.429. The van der Waals surface area contributed by atoms with Crippen molar-refractivity contribution in [2.45, 2.75) is 26.2 Å². The Kier molecular flexibility index (Phi) is 3.98.